The van der Waals surface area contributed by atoms with E-state index in [1.807, 2.05) is 41.1 Å². The van der Waals surface area contributed by atoms with Gasteiger partial charge in [-0.15, -0.1) is 11.7 Å². The Morgan fingerprint density at radius 2 is 2.25 bits per heavy atom. The number of hydrazone groups is 1. The highest BCUT2D eigenvalue weighted by Gasteiger charge is 2.34. The second kappa shape index (κ2) is 6.26. The standard InChI is InChI=1S/C17H14N4OS2/c1-2-8-24-17-19-16(22)14-12-5-3-4-6-13(12)18-15(21(14)20-17)11-7-9-23-10-11/h2-7,9-10,15H,1,8H2,(H,19,20,22). The SMILES string of the molecule is C=CCSC1=NN2C(=c3ccccc3=NC2c2ccsc2)C(=O)N1. The number of thioether (sulfide) groups is 1. The third-order valence-electron chi connectivity index (χ3n) is 3.69. The second-order valence-electron chi connectivity index (χ2n) is 5.23. The van der Waals surface area contributed by atoms with Crippen molar-refractivity contribution in [3.05, 3.63) is 69.9 Å². The van der Waals surface area contributed by atoms with Crippen LogP contribution in [-0.2, 0) is 4.79 Å². The van der Waals surface area contributed by atoms with Crippen LogP contribution in [0.2, 0.25) is 0 Å². The summed E-state index contributed by atoms with van der Waals surface area (Å²) >= 11 is 3.05. The van der Waals surface area contributed by atoms with Crippen LogP contribution < -0.4 is 15.9 Å². The number of thiophene rings is 1. The molecule has 0 saturated heterocycles. The van der Waals surface area contributed by atoms with Gasteiger partial charge in [-0.05, 0) is 22.9 Å². The van der Waals surface area contributed by atoms with Crippen LogP contribution in [0.4, 0.5) is 0 Å². The number of amidine groups is 1. The largest absolute Gasteiger partial charge is 0.298 e. The number of nitrogens with one attached hydrogen (secondary N) is 1. The van der Waals surface area contributed by atoms with E-state index in [9.17, 15) is 4.79 Å². The number of amides is 1. The summed E-state index contributed by atoms with van der Waals surface area (Å²) in [5, 5.41) is 15.5. The molecule has 0 radical (unpaired) electrons. The molecule has 1 amide bonds. The van der Waals surface area contributed by atoms with E-state index in [2.05, 4.69) is 17.0 Å². The Morgan fingerprint density at radius 1 is 1.38 bits per heavy atom. The monoisotopic (exact) mass is 354 g/mol. The number of fused-ring (bicyclic) bond motifs is 2. The predicted molar refractivity (Wildman–Crippen MR) is 97.8 cm³/mol. The van der Waals surface area contributed by atoms with Gasteiger partial charge in [-0.25, -0.2) is 5.01 Å². The first-order chi connectivity index (χ1) is 11.8. The highest BCUT2D eigenvalue weighted by atomic mass is 32.2. The zero-order valence-corrected chi connectivity index (χ0v) is 14.3. The lowest BCUT2D eigenvalue weighted by Gasteiger charge is -2.33. The molecule has 0 bridgehead atoms. The molecule has 1 aromatic carbocycles. The van der Waals surface area contributed by atoms with Gasteiger partial charge < -0.3 is 0 Å². The molecule has 2 aliphatic heterocycles. The molecule has 120 valence electrons. The summed E-state index contributed by atoms with van der Waals surface area (Å²) in [6.07, 6.45) is 1.46. The molecular weight excluding hydrogens is 340 g/mol. The number of rotatable bonds is 3. The lowest BCUT2D eigenvalue weighted by molar-refractivity contribution is -0.116. The number of benzene rings is 1. The summed E-state index contributed by atoms with van der Waals surface area (Å²) in [7, 11) is 0. The Labute approximate surface area is 147 Å². The number of hydrogen-bond acceptors (Lipinski definition) is 6. The van der Waals surface area contributed by atoms with E-state index in [0.29, 0.717) is 16.6 Å². The Kier molecular flexibility index (Phi) is 3.95. The Bertz CT molecular complexity index is 949. The van der Waals surface area contributed by atoms with E-state index in [0.717, 1.165) is 16.1 Å². The van der Waals surface area contributed by atoms with Crippen LogP contribution in [0.5, 0.6) is 0 Å². The van der Waals surface area contributed by atoms with Crippen molar-refractivity contribution in [1.82, 2.24) is 10.3 Å². The van der Waals surface area contributed by atoms with E-state index < -0.39 is 0 Å². The summed E-state index contributed by atoms with van der Waals surface area (Å²) < 4.78 is 0. The average Bonchev–Trinajstić information content (AvgIpc) is 3.13. The first kappa shape index (κ1) is 15.2. The third kappa shape index (κ3) is 2.55. The van der Waals surface area contributed by atoms with Crippen LogP contribution in [0.3, 0.4) is 0 Å². The predicted octanol–water partition coefficient (Wildman–Crippen LogP) is 1.81. The van der Waals surface area contributed by atoms with Gasteiger partial charge >= 0.3 is 0 Å². The van der Waals surface area contributed by atoms with Gasteiger partial charge in [-0.2, -0.15) is 11.3 Å². The van der Waals surface area contributed by atoms with Crippen molar-refractivity contribution in [2.24, 2.45) is 10.1 Å². The van der Waals surface area contributed by atoms with Crippen LogP contribution in [-0.4, -0.2) is 21.8 Å². The molecule has 1 N–H and O–H groups in total. The molecule has 0 spiro atoms. The van der Waals surface area contributed by atoms with E-state index in [-0.39, 0.29) is 12.1 Å². The number of hydrogen-bond donors (Lipinski definition) is 1. The van der Waals surface area contributed by atoms with Crippen molar-refractivity contribution in [3.63, 3.8) is 0 Å². The van der Waals surface area contributed by atoms with Gasteiger partial charge in [-0.1, -0.05) is 36.0 Å². The molecule has 24 heavy (non-hydrogen) atoms. The van der Waals surface area contributed by atoms with Crippen LogP contribution in [0.25, 0.3) is 5.70 Å². The Balaban J connectivity index is 1.91. The number of nitrogens with zero attached hydrogens (tertiary/aromatic N) is 3. The fraction of sp³-hybridized carbons (Fsp3) is 0.118. The maximum absolute atomic E-state index is 12.7. The van der Waals surface area contributed by atoms with Gasteiger partial charge in [0, 0.05) is 16.5 Å². The van der Waals surface area contributed by atoms with Gasteiger partial charge in [0.2, 0.25) is 0 Å². The summed E-state index contributed by atoms with van der Waals surface area (Å²) in [6.45, 7) is 3.71. The molecule has 0 fully saturated rings. The molecule has 4 rings (SSSR count). The number of carbonyl (C=O) groups is 1. The van der Waals surface area contributed by atoms with Crippen molar-refractivity contribution < 1.29 is 4.79 Å². The van der Waals surface area contributed by atoms with Gasteiger partial charge in [-0.3, -0.25) is 15.1 Å². The first-order valence-electron chi connectivity index (χ1n) is 7.40. The Morgan fingerprint density at radius 3 is 3.04 bits per heavy atom. The molecule has 2 aliphatic rings. The van der Waals surface area contributed by atoms with Crippen molar-refractivity contribution in [1.29, 1.82) is 0 Å². The molecular formula is C17H14N4OS2. The molecule has 0 saturated carbocycles. The third-order valence-corrected chi connectivity index (χ3v) is 5.26. The number of para-hydroxylation sites is 1. The quantitative estimate of drug-likeness (QED) is 0.856. The molecule has 5 nitrogen and oxygen atoms in total. The summed E-state index contributed by atoms with van der Waals surface area (Å²) in [5.41, 5.74) is 1.57. The summed E-state index contributed by atoms with van der Waals surface area (Å²) in [5.74, 6) is 0.526. The van der Waals surface area contributed by atoms with Crippen LogP contribution >= 0.6 is 23.1 Å². The zero-order valence-electron chi connectivity index (χ0n) is 12.7. The van der Waals surface area contributed by atoms with Crippen molar-refractivity contribution >= 4 is 39.9 Å². The minimum absolute atomic E-state index is 0.154. The van der Waals surface area contributed by atoms with Gasteiger partial charge in [0.05, 0.1) is 5.36 Å². The lowest BCUT2D eigenvalue weighted by atomic mass is 10.1. The smallest absolute Gasteiger partial charge is 0.276 e. The Hall–Kier alpha value is -2.38. The molecule has 2 aromatic rings. The maximum atomic E-state index is 12.7. The van der Waals surface area contributed by atoms with E-state index in [1.54, 1.807) is 22.4 Å². The topological polar surface area (TPSA) is 57.1 Å². The minimum Gasteiger partial charge on any atom is -0.298 e. The molecule has 1 aromatic heterocycles. The van der Waals surface area contributed by atoms with Crippen LogP contribution in [0.1, 0.15) is 11.7 Å². The summed E-state index contributed by atoms with van der Waals surface area (Å²) in [4.78, 5) is 17.5. The second-order valence-corrected chi connectivity index (χ2v) is 7.02. The summed E-state index contributed by atoms with van der Waals surface area (Å²) in [6, 6.07) is 9.69. The normalized spacial score (nSPS) is 18.9. The van der Waals surface area contributed by atoms with E-state index in [4.69, 9.17) is 4.99 Å². The van der Waals surface area contributed by atoms with Crippen LogP contribution in [0, 0.1) is 0 Å². The van der Waals surface area contributed by atoms with E-state index >= 15 is 0 Å². The minimum atomic E-state index is -0.327. The fourth-order valence-corrected chi connectivity index (χ4v) is 3.93. The zero-order chi connectivity index (χ0) is 16.5. The van der Waals surface area contributed by atoms with Crippen molar-refractivity contribution in [3.8, 4) is 0 Å². The molecule has 0 aliphatic carbocycles. The molecule has 7 heteroatoms. The fourth-order valence-electron chi connectivity index (χ4n) is 2.67. The average molecular weight is 354 g/mol. The van der Waals surface area contributed by atoms with Gasteiger partial charge in [0.1, 0.15) is 5.70 Å². The van der Waals surface area contributed by atoms with Crippen molar-refractivity contribution in [2.75, 3.05) is 5.75 Å². The highest BCUT2D eigenvalue weighted by Crippen LogP contribution is 2.31. The van der Waals surface area contributed by atoms with Gasteiger partial charge in [0.25, 0.3) is 5.91 Å². The van der Waals surface area contributed by atoms with E-state index in [1.165, 1.54) is 11.8 Å². The number of carbonyl (C=O) groups excluding carboxylic acids is 1. The highest BCUT2D eigenvalue weighted by molar-refractivity contribution is 8.14. The van der Waals surface area contributed by atoms with Crippen LogP contribution in [0.15, 0.2) is 63.8 Å². The molecule has 1 unspecified atom stereocenters. The van der Waals surface area contributed by atoms with Gasteiger partial charge in [0.15, 0.2) is 11.3 Å². The molecule has 1 atom stereocenters. The lowest BCUT2D eigenvalue weighted by Crippen LogP contribution is -2.50. The first-order valence-corrected chi connectivity index (χ1v) is 9.33. The van der Waals surface area contributed by atoms with Crippen molar-refractivity contribution in [2.45, 2.75) is 6.17 Å². The molecule has 3 heterocycles. The maximum Gasteiger partial charge on any atom is 0.276 e.